The van der Waals surface area contributed by atoms with E-state index < -0.39 is 5.41 Å². The largest absolute Gasteiger partial charge is 0.496 e. The molecule has 2 saturated heterocycles. The lowest BCUT2D eigenvalue weighted by atomic mass is 9.72. The summed E-state index contributed by atoms with van der Waals surface area (Å²) < 4.78 is 11.2. The van der Waals surface area contributed by atoms with E-state index in [-0.39, 0.29) is 17.9 Å². The molecule has 0 saturated carbocycles. The molecule has 4 rings (SSSR count). The molecule has 2 aromatic carbocycles. The van der Waals surface area contributed by atoms with Gasteiger partial charge in [-0.2, -0.15) is 0 Å². The van der Waals surface area contributed by atoms with E-state index >= 15 is 0 Å². The van der Waals surface area contributed by atoms with E-state index in [0.29, 0.717) is 45.7 Å². The van der Waals surface area contributed by atoms with E-state index in [1.165, 1.54) is 0 Å². The molecule has 32 heavy (non-hydrogen) atoms. The lowest BCUT2D eigenvalue weighted by molar-refractivity contribution is -0.148. The van der Waals surface area contributed by atoms with Crippen molar-refractivity contribution in [2.75, 3.05) is 40.0 Å². The number of amides is 2. The number of benzene rings is 2. The van der Waals surface area contributed by atoms with Crippen LogP contribution in [0.1, 0.15) is 42.5 Å². The Bertz CT molecular complexity index is 983. The van der Waals surface area contributed by atoms with Crippen LogP contribution in [0.3, 0.4) is 0 Å². The number of para-hydroxylation sites is 1. The molecule has 0 unspecified atom stereocenters. The third-order valence-corrected chi connectivity index (χ3v) is 6.90. The monoisotopic (exact) mass is 436 g/mol. The van der Waals surface area contributed by atoms with Crippen molar-refractivity contribution in [3.63, 3.8) is 0 Å². The van der Waals surface area contributed by atoms with Gasteiger partial charge in [0.2, 0.25) is 11.8 Å². The summed E-state index contributed by atoms with van der Waals surface area (Å²) in [6.07, 6.45) is 1.34. The molecule has 0 aromatic heterocycles. The lowest BCUT2D eigenvalue weighted by Crippen LogP contribution is -2.57. The Morgan fingerprint density at radius 3 is 2.50 bits per heavy atom. The van der Waals surface area contributed by atoms with Gasteiger partial charge in [-0.05, 0) is 31.4 Å². The molecule has 1 atom stereocenters. The first-order valence-electron chi connectivity index (χ1n) is 11.3. The Hall–Kier alpha value is -2.86. The Labute approximate surface area is 190 Å². The van der Waals surface area contributed by atoms with Crippen molar-refractivity contribution in [2.45, 2.75) is 38.1 Å². The van der Waals surface area contributed by atoms with Gasteiger partial charge in [0.1, 0.15) is 5.75 Å². The summed E-state index contributed by atoms with van der Waals surface area (Å²) in [5.41, 5.74) is 2.55. The lowest BCUT2D eigenvalue weighted by Gasteiger charge is -2.46. The van der Waals surface area contributed by atoms with E-state index in [4.69, 9.17) is 9.47 Å². The van der Waals surface area contributed by atoms with Gasteiger partial charge in [0, 0.05) is 45.3 Å². The second-order valence-electron chi connectivity index (χ2n) is 8.79. The summed E-state index contributed by atoms with van der Waals surface area (Å²) >= 11 is 0. The van der Waals surface area contributed by atoms with Gasteiger partial charge in [0.15, 0.2) is 0 Å². The zero-order valence-corrected chi connectivity index (χ0v) is 19.2. The first-order chi connectivity index (χ1) is 15.5. The highest BCUT2D eigenvalue weighted by molar-refractivity contribution is 5.89. The van der Waals surface area contributed by atoms with Crippen molar-refractivity contribution >= 4 is 11.8 Å². The highest BCUT2D eigenvalue weighted by Crippen LogP contribution is 2.39. The molecular weight excluding hydrogens is 404 g/mol. The summed E-state index contributed by atoms with van der Waals surface area (Å²) in [4.78, 5) is 30.4. The SMILES string of the molecule is COc1ccccc1[C@@H]1CN(C(=O)C2(c3cccc(C)c3)CCOCC2)CCN1C(C)=O. The van der Waals surface area contributed by atoms with Gasteiger partial charge in [-0.15, -0.1) is 0 Å². The Morgan fingerprint density at radius 1 is 1.06 bits per heavy atom. The van der Waals surface area contributed by atoms with Crippen molar-refractivity contribution in [3.05, 3.63) is 65.2 Å². The van der Waals surface area contributed by atoms with Gasteiger partial charge < -0.3 is 19.3 Å². The fourth-order valence-electron chi connectivity index (χ4n) is 5.14. The van der Waals surface area contributed by atoms with Crippen LogP contribution >= 0.6 is 0 Å². The molecule has 2 aliphatic heterocycles. The molecule has 6 heteroatoms. The van der Waals surface area contributed by atoms with Gasteiger partial charge in [0.25, 0.3) is 0 Å². The van der Waals surface area contributed by atoms with Crippen LogP contribution in [0.5, 0.6) is 5.75 Å². The molecule has 2 heterocycles. The van der Waals surface area contributed by atoms with Crippen LogP contribution < -0.4 is 4.74 Å². The fraction of sp³-hybridized carbons (Fsp3) is 0.462. The van der Waals surface area contributed by atoms with Crippen LogP contribution in [-0.2, 0) is 19.7 Å². The molecule has 0 aliphatic carbocycles. The number of methoxy groups -OCH3 is 1. The third-order valence-electron chi connectivity index (χ3n) is 6.90. The van der Waals surface area contributed by atoms with Crippen molar-refractivity contribution in [1.82, 2.24) is 9.80 Å². The summed E-state index contributed by atoms with van der Waals surface area (Å²) in [5, 5.41) is 0. The van der Waals surface area contributed by atoms with Crippen LogP contribution in [0.15, 0.2) is 48.5 Å². The number of aryl methyl sites for hydroxylation is 1. The molecule has 0 bridgehead atoms. The number of hydrogen-bond donors (Lipinski definition) is 0. The van der Waals surface area contributed by atoms with Crippen molar-refractivity contribution in [3.8, 4) is 5.75 Å². The number of nitrogens with zero attached hydrogens (tertiary/aromatic N) is 2. The molecule has 6 nitrogen and oxygen atoms in total. The standard InChI is InChI=1S/C26H32N2O4/c1-19-7-6-8-21(17-19)26(11-15-32-16-12-26)25(30)27-13-14-28(20(2)29)23(18-27)22-9-4-5-10-24(22)31-3/h4-10,17,23H,11-16,18H2,1-3H3/t23-/m0/s1. The maximum absolute atomic E-state index is 14.1. The molecule has 170 valence electrons. The maximum Gasteiger partial charge on any atom is 0.233 e. The van der Waals surface area contributed by atoms with Gasteiger partial charge in [-0.25, -0.2) is 0 Å². The highest BCUT2D eigenvalue weighted by atomic mass is 16.5. The first-order valence-corrected chi connectivity index (χ1v) is 11.3. The van der Waals surface area contributed by atoms with Crippen molar-refractivity contribution in [2.24, 2.45) is 0 Å². The van der Waals surface area contributed by atoms with E-state index in [9.17, 15) is 9.59 Å². The number of rotatable bonds is 4. The predicted molar refractivity (Wildman–Crippen MR) is 123 cm³/mol. The van der Waals surface area contributed by atoms with E-state index in [1.54, 1.807) is 14.0 Å². The van der Waals surface area contributed by atoms with Crippen LogP contribution in [-0.4, -0.2) is 61.6 Å². The first kappa shape index (κ1) is 22.3. The minimum atomic E-state index is -0.589. The van der Waals surface area contributed by atoms with Gasteiger partial charge in [0.05, 0.1) is 18.6 Å². The minimum Gasteiger partial charge on any atom is -0.496 e. The number of hydrogen-bond acceptors (Lipinski definition) is 4. The summed E-state index contributed by atoms with van der Waals surface area (Å²) in [6, 6.07) is 15.8. The van der Waals surface area contributed by atoms with Crippen molar-refractivity contribution in [1.29, 1.82) is 0 Å². The Balaban J connectivity index is 1.69. The molecule has 2 aliphatic rings. The number of carbonyl (C=O) groups excluding carboxylic acids is 2. The summed E-state index contributed by atoms with van der Waals surface area (Å²) in [6.45, 7) is 6.28. The smallest absolute Gasteiger partial charge is 0.233 e. The van der Waals surface area contributed by atoms with Crippen LogP contribution in [0, 0.1) is 6.92 Å². The average molecular weight is 437 g/mol. The molecule has 2 aromatic rings. The van der Waals surface area contributed by atoms with Gasteiger partial charge >= 0.3 is 0 Å². The van der Waals surface area contributed by atoms with Crippen LogP contribution in [0.2, 0.25) is 0 Å². The van der Waals surface area contributed by atoms with E-state index in [0.717, 1.165) is 22.4 Å². The van der Waals surface area contributed by atoms with Crippen molar-refractivity contribution < 1.29 is 19.1 Å². The second-order valence-corrected chi connectivity index (χ2v) is 8.79. The number of carbonyl (C=O) groups is 2. The molecule has 0 N–H and O–H groups in total. The average Bonchev–Trinajstić information content (AvgIpc) is 2.83. The molecular formula is C26H32N2O4. The molecule has 2 amide bonds. The zero-order valence-electron chi connectivity index (χ0n) is 19.2. The quantitative estimate of drug-likeness (QED) is 0.736. The number of ether oxygens (including phenoxy) is 2. The summed E-state index contributed by atoms with van der Waals surface area (Å²) in [7, 11) is 1.64. The Kier molecular flexibility index (Phi) is 6.51. The fourth-order valence-corrected chi connectivity index (χ4v) is 5.14. The normalized spacial score (nSPS) is 20.7. The molecule has 2 fully saturated rings. The maximum atomic E-state index is 14.1. The van der Waals surface area contributed by atoms with E-state index in [2.05, 4.69) is 25.1 Å². The van der Waals surface area contributed by atoms with Gasteiger partial charge in [-0.1, -0.05) is 48.0 Å². The Morgan fingerprint density at radius 2 is 1.81 bits per heavy atom. The molecule has 0 radical (unpaired) electrons. The van der Waals surface area contributed by atoms with Crippen LogP contribution in [0.25, 0.3) is 0 Å². The van der Waals surface area contributed by atoms with E-state index in [1.807, 2.05) is 40.1 Å². The predicted octanol–water partition coefficient (Wildman–Crippen LogP) is 3.48. The molecule has 0 spiro atoms. The zero-order chi connectivity index (χ0) is 22.7. The second kappa shape index (κ2) is 9.33. The van der Waals surface area contributed by atoms with Crippen LogP contribution in [0.4, 0.5) is 0 Å². The third kappa shape index (κ3) is 4.11. The number of piperazine rings is 1. The minimum absolute atomic E-state index is 0.00692. The summed E-state index contributed by atoms with van der Waals surface area (Å²) in [5.74, 6) is 0.875. The highest BCUT2D eigenvalue weighted by Gasteiger charge is 2.46. The topological polar surface area (TPSA) is 59.1 Å². The van der Waals surface area contributed by atoms with Gasteiger partial charge in [-0.3, -0.25) is 9.59 Å².